The van der Waals surface area contributed by atoms with Crippen molar-refractivity contribution in [2.24, 2.45) is 0 Å². The molecular formula is C13H16N2OS. The maximum absolute atomic E-state index is 11.4. The summed E-state index contributed by atoms with van der Waals surface area (Å²) in [5, 5.41) is 6.29. The first kappa shape index (κ1) is 11.1. The standard InChI is InChI=1S/C13H16N2OS/c1-8-13(16)14-7-11(15-8)10-3-2-9-4-5-17-12(9)6-10/h2-3,6,8,11,15H,4-5,7H2,1H3,(H,14,16). The van der Waals surface area contributed by atoms with Crippen LogP contribution in [0.5, 0.6) is 0 Å². The molecular weight excluding hydrogens is 232 g/mol. The van der Waals surface area contributed by atoms with Crippen LogP contribution in [0, 0.1) is 0 Å². The van der Waals surface area contributed by atoms with Crippen molar-refractivity contribution in [1.82, 2.24) is 10.6 Å². The first-order valence-corrected chi connectivity index (χ1v) is 7.02. The third-order valence-electron chi connectivity index (χ3n) is 3.45. The van der Waals surface area contributed by atoms with E-state index in [0.717, 1.165) is 0 Å². The number of benzene rings is 1. The van der Waals surface area contributed by atoms with E-state index in [0.29, 0.717) is 6.54 Å². The molecule has 2 heterocycles. The Bertz CT molecular complexity index is 461. The topological polar surface area (TPSA) is 41.1 Å². The number of thioether (sulfide) groups is 1. The van der Waals surface area contributed by atoms with Gasteiger partial charge in [0.1, 0.15) is 0 Å². The molecule has 1 aromatic rings. The molecule has 2 aliphatic rings. The van der Waals surface area contributed by atoms with Gasteiger partial charge in [-0.2, -0.15) is 0 Å². The molecule has 90 valence electrons. The van der Waals surface area contributed by atoms with Crippen LogP contribution in [0.15, 0.2) is 23.1 Å². The number of carbonyl (C=O) groups is 1. The van der Waals surface area contributed by atoms with Crippen molar-refractivity contribution < 1.29 is 4.79 Å². The molecule has 0 saturated carbocycles. The summed E-state index contributed by atoms with van der Waals surface area (Å²) in [6.07, 6.45) is 1.19. The van der Waals surface area contributed by atoms with Crippen LogP contribution in [-0.4, -0.2) is 24.2 Å². The lowest BCUT2D eigenvalue weighted by Gasteiger charge is -2.29. The van der Waals surface area contributed by atoms with Crippen molar-refractivity contribution in [2.75, 3.05) is 12.3 Å². The summed E-state index contributed by atoms with van der Waals surface area (Å²) in [6.45, 7) is 2.59. The number of piperazine rings is 1. The predicted molar refractivity (Wildman–Crippen MR) is 69.2 cm³/mol. The van der Waals surface area contributed by atoms with Gasteiger partial charge in [-0.05, 0) is 30.5 Å². The molecule has 3 rings (SSSR count). The second-order valence-electron chi connectivity index (χ2n) is 4.65. The highest BCUT2D eigenvalue weighted by atomic mass is 32.2. The minimum absolute atomic E-state index is 0.0942. The summed E-state index contributed by atoms with van der Waals surface area (Å²) in [5.41, 5.74) is 2.75. The van der Waals surface area contributed by atoms with Crippen molar-refractivity contribution in [3.63, 3.8) is 0 Å². The molecule has 0 aliphatic carbocycles. The molecule has 2 atom stereocenters. The lowest BCUT2D eigenvalue weighted by atomic mass is 10.0. The first-order chi connectivity index (χ1) is 8.24. The molecule has 1 amide bonds. The fraction of sp³-hybridized carbons (Fsp3) is 0.462. The summed E-state index contributed by atoms with van der Waals surface area (Å²) < 4.78 is 0. The molecule has 0 radical (unpaired) electrons. The summed E-state index contributed by atoms with van der Waals surface area (Å²) >= 11 is 1.93. The molecule has 1 aromatic carbocycles. The highest BCUT2D eigenvalue weighted by Gasteiger charge is 2.25. The van der Waals surface area contributed by atoms with E-state index in [2.05, 4.69) is 28.8 Å². The molecule has 2 unspecified atom stereocenters. The van der Waals surface area contributed by atoms with Gasteiger partial charge in [-0.25, -0.2) is 0 Å². The molecule has 2 N–H and O–H groups in total. The molecule has 0 bridgehead atoms. The largest absolute Gasteiger partial charge is 0.353 e. The molecule has 17 heavy (non-hydrogen) atoms. The SMILES string of the molecule is CC1NC(c2ccc3c(c2)SCC3)CNC1=O. The van der Waals surface area contributed by atoms with Gasteiger partial charge >= 0.3 is 0 Å². The highest BCUT2D eigenvalue weighted by Crippen LogP contribution is 2.33. The summed E-state index contributed by atoms with van der Waals surface area (Å²) in [6, 6.07) is 6.83. The van der Waals surface area contributed by atoms with Crippen molar-refractivity contribution >= 4 is 17.7 Å². The quantitative estimate of drug-likeness (QED) is 0.791. The minimum Gasteiger partial charge on any atom is -0.353 e. The van der Waals surface area contributed by atoms with Crippen LogP contribution in [0.1, 0.15) is 24.1 Å². The Kier molecular flexibility index (Phi) is 2.84. The van der Waals surface area contributed by atoms with Gasteiger partial charge in [-0.1, -0.05) is 12.1 Å². The Morgan fingerprint density at radius 1 is 1.41 bits per heavy atom. The van der Waals surface area contributed by atoms with Gasteiger partial charge < -0.3 is 5.32 Å². The van der Waals surface area contributed by atoms with Crippen LogP contribution in [0.4, 0.5) is 0 Å². The van der Waals surface area contributed by atoms with E-state index < -0.39 is 0 Å². The van der Waals surface area contributed by atoms with E-state index in [4.69, 9.17) is 0 Å². The van der Waals surface area contributed by atoms with E-state index >= 15 is 0 Å². The van der Waals surface area contributed by atoms with Crippen LogP contribution < -0.4 is 10.6 Å². The minimum atomic E-state index is -0.102. The van der Waals surface area contributed by atoms with Gasteiger partial charge in [0.15, 0.2) is 0 Å². The second-order valence-corrected chi connectivity index (χ2v) is 5.79. The van der Waals surface area contributed by atoms with Gasteiger partial charge in [0.05, 0.1) is 12.1 Å². The molecule has 3 nitrogen and oxygen atoms in total. The van der Waals surface area contributed by atoms with E-state index in [-0.39, 0.29) is 18.0 Å². The fourth-order valence-corrected chi connectivity index (χ4v) is 3.52. The molecule has 2 aliphatic heterocycles. The number of fused-ring (bicyclic) bond motifs is 1. The number of amides is 1. The van der Waals surface area contributed by atoms with Crippen molar-refractivity contribution in [2.45, 2.75) is 30.3 Å². The number of hydrogen-bond donors (Lipinski definition) is 2. The summed E-state index contributed by atoms with van der Waals surface area (Å²) in [5.74, 6) is 1.29. The maximum atomic E-state index is 11.4. The normalized spacial score (nSPS) is 27.7. The number of carbonyl (C=O) groups excluding carboxylic acids is 1. The Labute approximate surface area is 105 Å². The van der Waals surface area contributed by atoms with Gasteiger partial charge in [0.2, 0.25) is 5.91 Å². The van der Waals surface area contributed by atoms with Gasteiger partial charge in [0.25, 0.3) is 0 Å². The molecule has 0 spiro atoms. The highest BCUT2D eigenvalue weighted by molar-refractivity contribution is 7.99. The van der Waals surface area contributed by atoms with Crippen molar-refractivity contribution in [1.29, 1.82) is 0 Å². The Balaban J connectivity index is 1.82. The fourth-order valence-electron chi connectivity index (χ4n) is 2.41. The predicted octanol–water partition coefficient (Wildman–Crippen LogP) is 1.48. The molecule has 1 saturated heterocycles. The van der Waals surface area contributed by atoms with Gasteiger partial charge in [-0.3, -0.25) is 10.1 Å². The van der Waals surface area contributed by atoms with Crippen LogP contribution in [-0.2, 0) is 11.2 Å². The van der Waals surface area contributed by atoms with E-state index in [1.165, 1.54) is 28.2 Å². The Morgan fingerprint density at radius 2 is 2.29 bits per heavy atom. The van der Waals surface area contributed by atoms with Crippen LogP contribution in [0.25, 0.3) is 0 Å². The summed E-state index contributed by atoms with van der Waals surface area (Å²) in [7, 11) is 0. The Hall–Kier alpha value is -1.00. The first-order valence-electron chi connectivity index (χ1n) is 6.03. The lowest BCUT2D eigenvalue weighted by molar-refractivity contribution is -0.124. The number of rotatable bonds is 1. The smallest absolute Gasteiger partial charge is 0.236 e. The zero-order valence-corrected chi connectivity index (χ0v) is 10.6. The van der Waals surface area contributed by atoms with Crippen LogP contribution >= 0.6 is 11.8 Å². The number of aryl methyl sites for hydroxylation is 1. The third-order valence-corrected chi connectivity index (χ3v) is 4.55. The number of nitrogens with one attached hydrogen (secondary N) is 2. The van der Waals surface area contributed by atoms with Gasteiger partial charge in [0, 0.05) is 17.2 Å². The third kappa shape index (κ3) is 2.07. The van der Waals surface area contributed by atoms with Crippen molar-refractivity contribution in [3.8, 4) is 0 Å². The van der Waals surface area contributed by atoms with E-state index in [1.807, 2.05) is 18.7 Å². The van der Waals surface area contributed by atoms with Crippen molar-refractivity contribution in [3.05, 3.63) is 29.3 Å². The van der Waals surface area contributed by atoms with Crippen LogP contribution in [0.2, 0.25) is 0 Å². The molecule has 4 heteroatoms. The number of hydrogen-bond acceptors (Lipinski definition) is 3. The zero-order valence-electron chi connectivity index (χ0n) is 9.82. The average molecular weight is 248 g/mol. The van der Waals surface area contributed by atoms with Gasteiger partial charge in [-0.15, -0.1) is 11.8 Å². The average Bonchev–Trinajstić information content (AvgIpc) is 2.79. The Morgan fingerprint density at radius 3 is 3.12 bits per heavy atom. The second kappa shape index (κ2) is 4.35. The zero-order chi connectivity index (χ0) is 11.8. The molecule has 0 aromatic heterocycles. The summed E-state index contributed by atoms with van der Waals surface area (Å²) in [4.78, 5) is 12.8. The maximum Gasteiger partial charge on any atom is 0.236 e. The monoisotopic (exact) mass is 248 g/mol. The lowest BCUT2D eigenvalue weighted by Crippen LogP contribution is -2.52. The molecule has 1 fully saturated rings. The van der Waals surface area contributed by atoms with Crippen LogP contribution in [0.3, 0.4) is 0 Å². The van der Waals surface area contributed by atoms with E-state index in [1.54, 1.807) is 0 Å². The van der Waals surface area contributed by atoms with E-state index in [9.17, 15) is 4.79 Å².